The summed E-state index contributed by atoms with van der Waals surface area (Å²) in [7, 11) is 1.57. The number of nitrogens with one attached hydrogen (secondary N) is 1. The molecule has 0 fully saturated rings. The van der Waals surface area contributed by atoms with Gasteiger partial charge in [0.25, 0.3) is 0 Å². The van der Waals surface area contributed by atoms with Crippen molar-refractivity contribution in [1.82, 2.24) is 5.32 Å². The molecule has 0 aliphatic rings. The molecule has 3 N–H and O–H groups in total. The fourth-order valence-corrected chi connectivity index (χ4v) is 1.88. The zero-order valence-electron chi connectivity index (χ0n) is 10.7. The predicted octanol–water partition coefficient (Wildman–Crippen LogP) is 2.09. The first kappa shape index (κ1) is 14.8. The van der Waals surface area contributed by atoms with E-state index in [9.17, 15) is 4.79 Å². The molecule has 0 spiro atoms. The second kappa shape index (κ2) is 7.24. The quantitative estimate of drug-likeness (QED) is 0.832. The molecule has 0 unspecified atom stereocenters. The highest BCUT2D eigenvalue weighted by molar-refractivity contribution is 6.31. The predicted molar refractivity (Wildman–Crippen MR) is 72.7 cm³/mol. The Morgan fingerprint density at radius 1 is 1.56 bits per heavy atom. The Kier molecular flexibility index (Phi) is 5.95. The maximum Gasteiger partial charge on any atom is 0.237 e. The largest absolute Gasteiger partial charge is 0.496 e. The molecule has 0 bridgehead atoms. The van der Waals surface area contributed by atoms with Gasteiger partial charge in [0.05, 0.1) is 13.2 Å². The number of hydrogen-bond donors (Lipinski definition) is 2. The van der Waals surface area contributed by atoms with Crippen LogP contribution in [0, 0.1) is 0 Å². The van der Waals surface area contributed by atoms with E-state index in [1.54, 1.807) is 25.3 Å². The summed E-state index contributed by atoms with van der Waals surface area (Å²) in [5.74, 6) is 0.491. The van der Waals surface area contributed by atoms with Gasteiger partial charge in [0.15, 0.2) is 0 Å². The van der Waals surface area contributed by atoms with Gasteiger partial charge in [-0.05, 0) is 18.6 Å². The third-order valence-electron chi connectivity index (χ3n) is 2.67. The standard InChI is InChI=1S/C13H19ClN2O2/c1-3-5-11(15)13(17)16-8-9-10(14)6-4-7-12(9)18-2/h4,6-7,11H,3,5,8,15H2,1-2H3,(H,16,17)/t11-/m0/s1. The number of halogens is 1. The lowest BCUT2D eigenvalue weighted by Gasteiger charge is -2.14. The number of methoxy groups -OCH3 is 1. The van der Waals surface area contributed by atoms with E-state index >= 15 is 0 Å². The molecule has 4 nitrogen and oxygen atoms in total. The third kappa shape index (κ3) is 3.89. The number of hydrogen-bond acceptors (Lipinski definition) is 3. The summed E-state index contributed by atoms with van der Waals surface area (Å²) in [5.41, 5.74) is 6.49. The van der Waals surface area contributed by atoms with Crippen LogP contribution >= 0.6 is 11.6 Å². The Morgan fingerprint density at radius 2 is 2.28 bits per heavy atom. The van der Waals surface area contributed by atoms with Gasteiger partial charge in [-0.1, -0.05) is 31.0 Å². The molecule has 0 heterocycles. The van der Waals surface area contributed by atoms with E-state index in [1.165, 1.54) is 0 Å². The molecule has 0 aliphatic heterocycles. The fraction of sp³-hybridized carbons (Fsp3) is 0.462. The van der Waals surface area contributed by atoms with Crippen molar-refractivity contribution in [2.75, 3.05) is 7.11 Å². The molecular formula is C13H19ClN2O2. The highest BCUT2D eigenvalue weighted by Gasteiger charge is 2.14. The van der Waals surface area contributed by atoms with E-state index in [1.807, 2.05) is 6.92 Å². The average molecular weight is 271 g/mol. The topological polar surface area (TPSA) is 64.4 Å². The number of nitrogens with two attached hydrogens (primary N) is 1. The van der Waals surface area contributed by atoms with Crippen molar-refractivity contribution in [1.29, 1.82) is 0 Å². The smallest absolute Gasteiger partial charge is 0.237 e. The molecule has 5 heteroatoms. The molecule has 0 aliphatic carbocycles. The van der Waals surface area contributed by atoms with Crippen LogP contribution in [0.25, 0.3) is 0 Å². The summed E-state index contributed by atoms with van der Waals surface area (Å²) in [6.45, 7) is 2.31. The van der Waals surface area contributed by atoms with E-state index in [0.29, 0.717) is 23.7 Å². The molecule has 18 heavy (non-hydrogen) atoms. The molecule has 1 atom stereocenters. The minimum absolute atomic E-state index is 0.168. The number of rotatable bonds is 6. The van der Waals surface area contributed by atoms with E-state index in [4.69, 9.17) is 22.1 Å². The third-order valence-corrected chi connectivity index (χ3v) is 3.03. The SMILES string of the molecule is CCC[C@H](N)C(=O)NCc1c(Cl)cccc1OC. The summed E-state index contributed by atoms with van der Waals surface area (Å²) in [6, 6.07) is 4.90. The summed E-state index contributed by atoms with van der Waals surface area (Å²) in [5, 5.41) is 3.34. The van der Waals surface area contributed by atoms with Crippen LogP contribution in [0.3, 0.4) is 0 Å². The van der Waals surface area contributed by atoms with E-state index in [0.717, 1.165) is 12.0 Å². The number of carbonyl (C=O) groups excluding carboxylic acids is 1. The van der Waals surface area contributed by atoms with Crippen molar-refractivity contribution in [3.8, 4) is 5.75 Å². The zero-order valence-corrected chi connectivity index (χ0v) is 11.5. The lowest BCUT2D eigenvalue weighted by atomic mass is 10.1. The minimum atomic E-state index is -0.469. The van der Waals surface area contributed by atoms with Crippen LogP contribution in [-0.2, 0) is 11.3 Å². The van der Waals surface area contributed by atoms with Crippen molar-refractivity contribution in [2.45, 2.75) is 32.4 Å². The van der Waals surface area contributed by atoms with Gasteiger partial charge in [-0.25, -0.2) is 0 Å². The van der Waals surface area contributed by atoms with E-state index in [-0.39, 0.29) is 5.91 Å². The van der Waals surface area contributed by atoms with Gasteiger partial charge < -0.3 is 15.8 Å². The van der Waals surface area contributed by atoms with Crippen LogP contribution in [0.4, 0.5) is 0 Å². The van der Waals surface area contributed by atoms with Gasteiger partial charge >= 0.3 is 0 Å². The van der Waals surface area contributed by atoms with Gasteiger partial charge in [-0.2, -0.15) is 0 Å². The highest BCUT2D eigenvalue weighted by Crippen LogP contribution is 2.25. The van der Waals surface area contributed by atoms with Gasteiger partial charge in [0.1, 0.15) is 5.75 Å². The second-order valence-corrected chi connectivity index (χ2v) is 4.44. The van der Waals surface area contributed by atoms with Crippen LogP contribution in [0.15, 0.2) is 18.2 Å². The summed E-state index contributed by atoms with van der Waals surface area (Å²) in [4.78, 5) is 11.7. The Morgan fingerprint density at radius 3 is 2.89 bits per heavy atom. The van der Waals surface area contributed by atoms with Crippen molar-refractivity contribution < 1.29 is 9.53 Å². The first-order chi connectivity index (χ1) is 8.60. The van der Waals surface area contributed by atoms with Gasteiger partial charge in [0, 0.05) is 17.1 Å². The molecule has 0 aromatic heterocycles. The number of carbonyl (C=O) groups is 1. The molecule has 0 saturated carbocycles. The number of ether oxygens (including phenoxy) is 1. The van der Waals surface area contributed by atoms with Crippen LogP contribution in [-0.4, -0.2) is 19.1 Å². The molecule has 1 aromatic rings. The van der Waals surface area contributed by atoms with Crippen molar-refractivity contribution in [3.05, 3.63) is 28.8 Å². The summed E-state index contributed by atoms with van der Waals surface area (Å²) < 4.78 is 5.20. The first-order valence-corrected chi connectivity index (χ1v) is 6.32. The Bertz CT molecular complexity index is 410. The van der Waals surface area contributed by atoms with Gasteiger partial charge in [-0.3, -0.25) is 4.79 Å². The fourth-order valence-electron chi connectivity index (χ4n) is 1.65. The Balaban J connectivity index is 2.66. The lowest BCUT2D eigenvalue weighted by Crippen LogP contribution is -2.40. The zero-order chi connectivity index (χ0) is 13.5. The maximum atomic E-state index is 11.7. The van der Waals surface area contributed by atoms with Crippen molar-refractivity contribution in [3.63, 3.8) is 0 Å². The molecule has 0 radical (unpaired) electrons. The lowest BCUT2D eigenvalue weighted by molar-refractivity contribution is -0.122. The summed E-state index contributed by atoms with van der Waals surface area (Å²) in [6.07, 6.45) is 1.55. The van der Waals surface area contributed by atoms with Crippen molar-refractivity contribution in [2.24, 2.45) is 5.73 Å². The monoisotopic (exact) mass is 270 g/mol. The molecular weight excluding hydrogens is 252 g/mol. The molecule has 0 saturated heterocycles. The Labute approximate surface area is 112 Å². The average Bonchev–Trinajstić information content (AvgIpc) is 2.36. The maximum absolute atomic E-state index is 11.7. The first-order valence-electron chi connectivity index (χ1n) is 5.94. The highest BCUT2D eigenvalue weighted by atomic mass is 35.5. The molecule has 1 amide bonds. The minimum Gasteiger partial charge on any atom is -0.496 e. The van der Waals surface area contributed by atoms with Crippen LogP contribution in [0.5, 0.6) is 5.75 Å². The van der Waals surface area contributed by atoms with Crippen LogP contribution in [0.2, 0.25) is 5.02 Å². The number of amides is 1. The van der Waals surface area contributed by atoms with Crippen LogP contribution in [0.1, 0.15) is 25.3 Å². The van der Waals surface area contributed by atoms with Gasteiger partial charge in [0.2, 0.25) is 5.91 Å². The van der Waals surface area contributed by atoms with E-state index in [2.05, 4.69) is 5.32 Å². The summed E-state index contributed by atoms with van der Waals surface area (Å²) >= 11 is 6.07. The normalized spacial score (nSPS) is 12.0. The Hall–Kier alpha value is -1.26. The molecule has 1 aromatic carbocycles. The van der Waals surface area contributed by atoms with Crippen LogP contribution < -0.4 is 15.8 Å². The van der Waals surface area contributed by atoms with E-state index < -0.39 is 6.04 Å². The molecule has 100 valence electrons. The number of benzene rings is 1. The molecule has 1 rings (SSSR count). The van der Waals surface area contributed by atoms with Crippen molar-refractivity contribution >= 4 is 17.5 Å². The second-order valence-electron chi connectivity index (χ2n) is 4.03. The van der Waals surface area contributed by atoms with Gasteiger partial charge in [-0.15, -0.1) is 0 Å².